The van der Waals surface area contributed by atoms with Gasteiger partial charge in [0.15, 0.2) is 0 Å². The zero-order valence-corrected chi connectivity index (χ0v) is 7.47. The summed E-state index contributed by atoms with van der Waals surface area (Å²) in [7, 11) is 0. The van der Waals surface area contributed by atoms with Crippen LogP contribution in [0.25, 0.3) is 0 Å². The van der Waals surface area contributed by atoms with Crippen molar-refractivity contribution in [2.75, 3.05) is 5.32 Å². The Balaban J connectivity index is 2.93. The summed E-state index contributed by atoms with van der Waals surface area (Å²) in [4.78, 5) is 10.3. The van der Waals surface area contributed by atoms with E-state index in [1.54, 1.807) is 0 Å². The first kappa shape index (κ1) is 10.2. The average Bonchev–Trinajstić information content (AvgIpc) is 2.12. The number of nitrogens with one attached hydrogen (secondary N) is 2. The van der Waals surface area contributed by atoms with E-state index in [2.05, 4.69) is 5.32 Å². The highest BCUT2D eigenvalue weighted by Gasteiger charge is 2.09. The molecule has 0 aliphatic rings. The van der Waals surface area contributed by atoms with Crippen LogP contribution >= 0.6 is 0 Å². The predicted octanol–water partition coefficient (Wildman–Crippen LogP) is 1.61. The van der Waals surface area contributed by atoms with Gasteiger partial charge in [0.2, 0.25) is 5.84 Å². The van der Waals surface area contributed by atoms with Crippen LogP contribution in [0.5, 0.6) is 0 Å². The first-order chi connectivity index (χ1) is 6.52. The largest absolute Gasteiger partial charge is 0.475 e. The molecule has 0 saturated carbocycles. The molecule has 0 unspecified atom stereocenters. The SMILES string of the molecule is Cc1c(F)cccc1NC(=N)C(=O)O. The van der Waals surface area contributed by atoms with Crippen LogP contribution in [-0.4, -0.2) is 16.9 Å². The second kappa shape index (κ2) is 3.87. The van der Waals surface area contributed by atoms with Gasteiger partial charge in [-0.2, -0.15) is 0 Å². The summed E-state index contributed by atoms with van der Waals surface area (Å²) in [6, 6.07) is 4.22. The third-order valence-electron chi connectivity index (χ3n) is 1.74. The molecule has 0 fully saturated rings. The highest BCUT2D eigenvalue weighted by atomic mass is 19.1. The Labute approximate surface area is 79.9 Å². The highest BCUT2D eigenvalue weighted by Crippen LogP contribution is 2.16. The van der Waals surface area contributed by atoms with Gasteiger partial charge in [-0.15, -0.1) is 0 Å². The van der Waals surface area contributed by atoms with Crippen molar-refractivity contribution in [2.24, 2.45) is 0 Å². The van der Waals surface area contributed by atoms with Crippen LogP contribution in [0.2, 0.25) is 0 Å². The van der Waals surface area contributed by atoms with Crippen LogP contribution in [-0.2, 0) is 4.79 Å². The minimum Gasteiger partial charge on any atom is -0.475 e. The summed E-state index contributed by atoms with van der Waals surface area (Å²) >= 11 is 0. The smallest absolute Gasteiger partial charge is 0.371 e. The van der Waals surface area contributed by atoms with Gasteiger partial charge in [0.1, 0.15) is 5.82 Å². The molecule has 0 aromatic heterocycles. The molecule has 0 radical (unpaired) electrons. The first-order valence-corrected chi connectivity index (χ1v) is 3.86. The van der Waals surface area contributed by atoms with E-state index in [4.69, 9.17) is 10.5 Å². The average molecular weight is 196 g/mol. The van der Waals surface area contributed by atoms with E-state index < -0.39 is 17.6 Å². The molecule has 3 N–H and O–H groups in total. The zero-order valence-electron chi connectivity index (χ0n) is 7.47. The Morgan fingerprint density at radius 2 is 2.21 bits per heavy atom. The van der Waals surface area contributed by atoms with Gasteiger partial charge in [0, 0.05) is 11.3 Å². The fourth-order valence-electron chi connectivity index (χ4n) is 0.931. The second-order valence-electron chi connectivity index (χ2n) is 2.72. The van der Waals surface area contributed by atoms with Crippen LogP contribution < -0.4 is 5.32 Å². The molecule has 5 heteroatoms. The van der Waals surface area contributed by atoms with Gasteiger partial charge in [-0.05, 0) is 19.1 Å². The number of rotatable bonds is 1. The maximum Gasteiger partial charge on any atom is 0.371 e. The summed E-state index contributed by atoms with van der Waals surface area (Å²) in [5.74, 6) is -2.50. The number of hydrogen-bond donors (Lipinski definition) is 3. The zero-order chi connectivity index (χ0) is 10.7. The fourth-order valence-corrected chi connectivity index (χ4v) is 0.931. The lowest BCUT2D eigenvalue weighted by Gasteiger charge is -2.07. The van der Waals surface area contributed by atoms with Gasteiger partial charge in [0.25, 0.3) is 0 Å². The Kier molecular flexibility index (Phi) is 2.81. The molecule has 74 valence electrons. The normalized spacial score (nSPS) is 9.57. The van der Waals surface area contributed by atoms with Crippen LogP contribution in [0, 0.1) is 18.2 Å². The lowest BCUT2D eigenvalue weighted by molar-refractivity contribution is -0.129. The molecule has 1 aromatic rings. The number of carbonyl (C=O) groups is 1. The minimum atomic E-state index is -1.38. The number of aliphatic carboxylic acids is 1. The lowest BCUT2D eigenvalue weighted by Crippen LogP contribution is -2.21. The number of carboxylic acids is 1. The second-order valence-corrected chi connectivity index (χ2v) is 2.72. The molecule has 0 aliphatic heterocycles. The Morgan fingerprint density at radius 1 is 1.57 bits per heavy atom. The van der Waals surface area contributed by atoms with Crippen molar-refractivity contribution in [3.05, 3.63) is 29.6 Å². The monoisotopic (exact) mass is 196 g/mol. The quantitative estimate of drug-likeness (QED) is 0.472. The van der Waals surface area contributed by atoms with Gasteiger partial charge in [-0.25, -0.2) is 9.18 Å². The molecule has 0 bridgehead atoms. The van der Waals surface area contributed by atoms with Crippen LogP contribution in [0.1, 0.15) is 5.56 Å². The molecule has 0 spiro atoms. The highest BCUT2D eigenvalue weighted by molar-refractivity contribution is 6.38. The molecule has 4 nitrogen and oxygen atoms in total. The Morgan fingerprint density at radius 3 is 2.79 bits per heavy atom. The van der Waals surface area contributed by atoms with E-state index in [1.807, 2.05) is 0 Å². The third kappa shape index (κ3) is 2.07. The molecule has 0 amide bonds. The summed E-state index contributed by atoms with van der Waals surface area (Å²) in [5, 5.41) is 17.7. The van der Waals surface area contributed by atoms with E-state index in [9.17, 15) is 9.18 Å². The predicted molar refractivity (Wildman–Crippen MR) is 50.1 cm³/mol. The van der Waals surface area contributed by atoms with Crippen LogP contribution in [0.4, 0.5) is 10.1 Å². The molecular weight excluding hydrogens is 187 g/mol. The van der Waals surface area contributed by atoms with E-state index in [0.29, 0.717) is 5.56 Å². The lowest BCUT2D eigenvalue weighted by atomic mass is 10.2. The summed E-state index contributed by atoms with van der Waals surface area (Å²) < 4.78 is 13.0. The van der Waals surface area contributed by atoms with E-state index >= 15 is 0 Å². The standard InChI is InChI=1S/C9H9FN2O2/c1-5-6(10)3-2-4-7(5)12-8(11)9(13)14/h2-4H,1H3,(H2,11,12)(H,13,14). The third-order valence-corrected chi connectivity index (χ3v) is 1.74. The summed E-state index contributed by atoms with van der Waals surface area (Å²) in [6.45, 7) is 1.51. The van der Waals surface area contributed by atoms with Crippen molar-refractivity contribution in [1.29, 1.82) is 5.41 Å². The molecule has 1 aromatic carbocycles. The number of carboxylic acid groups (broad SMARTS) is 1. The van der Waals surface area contributed by atoms with Crippen LogP contribution in [0.15, 0.2) is 18.2 Å². The molecule has 0 saturated heterocycles. The maximum atomic E-state index is 13.0. The van der Waals surface area contributed by atoms with Crippen molar-refractivity contribution < 1.29 is 14.3 Å². The van der Waals surface area contributed by atoms with Gasteiger partial charge >= 0.3 is 5.97 Å². The number of amidine groups is 1. The van der Waals surface area contributed by atoms with Gasteiger partial charge in [0.05, 0.1) is 0 Å². The molecular formula is C9H9FN2O2. The topological polar surface area (TPSA) is 73.2 Å². The summed E-state index contributed by atoms with van der Waals surface area (Å²) in [5.41, 5.74) is 0.580. The maximum absolute atomic E-state index is 13.0. The molecule has 0 aliphatic carbocycles. The number of benzene rings is 1. The first-order valence-electron chi connectivity index (χ1n) is 3.86. The van der Waals surface area contributed by atoms with Gasteiger partial charge < -0.3 is 10.4 Å². The number of anilines is 1. The molecule has 1 rings (SSSR count). The van der Waals surface area contributed by atoms with Crippen molar-refractivity contribution >= 4 is 17.5 Å². The number of halogens is 1. The van der Waals surface area contributed by atoms with E-state index in [0.717, 1.165) is 0 Å². The molecule has 0 atom stereocenters. The van der Waals surface area contributed by atoms with Gasteiger partial charge in [-0.1, -0.05) is 6.07 Å². The van der Waals surface area contributed by atoms with E-state index in [1.165, 1.54) is 25.1 Å². The van der Waals surface area contributed by atoms with Crippen molar-refractivity contribution in [3.8, 4) is 0 Å². The van der Waals surface area contributed by atoms with Crippen molar-refractivity contribution in [3.63, 3.8) is 0 Å². The number of hydrogen-bond acceptors (Lipinski definition) is 2. The minimum absolute atomic E-state index is 0.289. The van der Waals surface area contributed by atoms with Crippen LogP contribution in [0.3, 0.4) is 0 Å². The summed E-state index contributed by atoms with van der Waals surface area (Å²) in [6.07, 6.45) is 0. The Bertz CT molecular complexity index is 390. The van der Waals surface area contributed by atoms with Crippen molar-refractivity contribution in [1.82, 2.24) is 0 Å². The van der Waals surface area contributed by atoms with E-state index in [-0.39, 0.29) is 5.69 Å². The fraction of sp³-hybridized carbons (Fsp3) is 0.111. The Hall–Kier alpha value is -1.91. The molecule has 14 heavy (non-hydrogen) atoms. The van der Waals surface area contributed by atoms with Gasteiger partial charge in [-0.3, -0.25) is 5.41 Å². The molecule has 0 heterocycles. The van der Waals surface area contributed by atoms with Crippen molar-refractivity contribution in [2.45, 2.75) is 6.92 Å².